The van der Waals surface area contributed by atoms with E-state index < -0.39 is 0 Å². The third kappa shape index (κ3) is 4.47. The summed E-state index contributed by atoms with van der Waals surface area (Å²) >= 11 is 5.37. The molecule has 0 aliphatic rings. The van der Waals surface area contributed by atoms with Gasteiger partial charge in [0.1, 0.15) is 18.2 Å². The SMILES string of the molecule is Cc1cccc(NC(=S)Nc2ccc(OCc3nc4ccccc4[nH]3)cc2)c1. The third-order valence-electron chi connectivity index (χ3n) is 4.20. The van der Waals surface area contributed by atoms with Gasteiger partial charge in [-0.3, -0.25) is 0 Å². The predicted octanol–water partition coefficient (Wildman–Crippen LogP) is 5.26. The summed E-state index contributed by atoms with van der Waals surface area (Å²) in [5, 5.41) is 6.90. The molecule has 0 spiro atoms. The molecule has 0 amide bonds. The zero-order chi connectivity index (χ0) is 19.3. The molecule has 0 bridgehead atoms. The number of ether oxygens (including phenoxy) is 1. The molecule has 3 aromatic carbocycles. The largest absolute Gasteiger partial charge is 0.486 e. The van der Waals surface area contributed by atoms with Gasteiger partial charge in [-0.15, -0.1) is 0 Å². The number of anilines is 2. The second-order valence-electron chi connectivity index (χ2n) is 6.46. The Morgan fingerprint density at radius 2 is 1.75 bits per heavy atom. The Balaban J connectivity index is 1.32. The summed E-state index contributed by atoms with van der Waals surface area (Å²) in [4.78, 5) is 7.77. The topological polar surface area (TPSA) is 62.0 Å². The minimum Gasteiger partial charge on any atom is -0.486 e. The molecule has 0 saturated heterocycles. The quantitative estimate of drug-likeness (QED) is 0.407. The maximum atomic E-state index is 5.82. The summed E-state index contributed by atoms with van der Waals surface area (Å²) in [7, 11) is 0. The minimum absolute atomic E-state index is 0.384. The number of nitrogens with zero attached hydrogens (tertiary/aromatic N) is 1. The molecule has 0 atom stereocenters. The van der Waals surface area contributed by atoms with Crippen LogP contribution in [0.1, 0.15) is 11.4 Å². The van der Waals surface area contributed by atoms with Crippen LogP contribution in [0.5, 0.6) is 5.75 Å². The number of H-pyrrole nitrogens is 1. The van der Waals surface area contributed by atoms with Gasteiger partial charge in [0.2, 0.25) is 0 Å². The fraction of sp³-hybridized carbons (Fsp3) is 0.0909. The monoisotopic (exact) mass is 388 g/mol. The molecule has 0 aliphatic heterocycles. The highest BCUT2D eigenvalue weighted by molar-refractivity contribution is 7.80. The Kier molecular flexibility index (Phi) is 5.21. The van der Waals surface area contributed by atoms with Crippen molar-refractivity contribution in [3.8, 4) is 5.75 Å². The lowest BCUT2D eigenvalue weighted by atomic mass is 10.2. The van der Waals surface area contributed by atoms with Crippen LogP contribution in [0.15, 0.2) is 72.8 Å². The van der Waals surface area contributed by atoms with E-state index in [2.05, 4.69) is 20.6 Å². The molecule has 4 rings (SSSR count). The molecule has 140 valence electrons. The van der Waals surface area contributed by atoms with Gasteiger partial charge >= 0.3 is 0 Å². The molecule has 5 nitrogen and oxygen atoms in total. The molecule has 1 aromatic heterocycles. The van der Waals surface area contributed by atoms with Crippen LogP contribution in [0.2, 0.25) is 0 Å². The highest BCUT2D eigenvalue weighted by Gasteiger charge is 2.04. The van der Waals surface area contributed by atoms with Crippen LogP contribution in [-0.4, -0.2) is 15.1 Å². The van der Waals surface area contributed by atoms with E-state index >= 15 is 0 Å². The number of aromatic amines is 1. The molecule has 0 fully saturated rings. The van der Waals surface area contributed by atoms with Crippen LogP contribution < -0.4 is 15.4 Å². The maximum absolute atomic E-state index is 5.82. The van der Waals surface area contributed by atoms with E-state index in [-0.39, 0.29) is 0 Å². The van der Waals surface area contributed by atoms with Crippen molar-refractivity contribution in [3.05, 3.63) is 84.2 Å². The van der Waals surface area contributed by atoms with Gasteiger partial charge in [-0.25, -0.2) is 4.98 Å². The normalized spacial score (nSPS) is 10.6. The summed E-state index contributed by atoms with van der Waals surface area (Å²) in [6.07, 6.45) is 0. The smallest absolute Gasteiger partial charge is 0.175 e. The minimum atomic E-state index is 0.384. The van der Waals surface area contributed by atoms with Crippen molar-refractivity contribution in [1.29, 1.82) is 0 Å². The molecular formula is C22H20N4OS. The Bertz CT molecular complexity index is 1070. The molecule has 6 heteroatoms. The van der Waals surface area contributed by atoms with Crippen LogP contribution in [0.3, 0.4) is 0 Å². The molecule has 0 aliphatic carbocycles. The van der Waals surface area contributed by atoms with Crippen molar-refractivity contribution in [2.45, 2.75) is 13.5 Å². The number of hydrogen-bond donors (Lipinski definition) is 3. The van der Waals surface area contributed by atoms with Crippen LogP contribution in [0.4, 0.5) is 11.4 Å². The lowest BCUT2D eigenvalue weighted by Gasteiger charge is -2.11. The maximum Gasteiger partial charge on any atom is 0.175 e. The first-order valence-corrected chi connectivity index (χ1v) is 9.38. The fourth-order valence-corrected chi connectivity index (χ4v) is 3.11. The Labute approximate surface area is 168 Å². The van der Waals surface area contributed by atoms with E-state index in [9.17, 15) is 0 Å². The van der Waals surface area contributed by atoms with E-state index in [4.69, 9.17) is 17.0 Å². The number of rotatable bonds is 5. The predicted molar refractivity (Wildman–Crippen MR) is 118 cm³/mol. The Hall–Kier alpha value is -3.38. The molecule has 1 heterocycles. The number of benzene rings is 3. The van der Waals surface area contributed by atoms with Gasteiger partial charge in [-0.2, -0.15) is 0 Å². The van der Waals surface area contributed by atoms with Crippen molar-refractivity contribution < 1.29 is 4.74 Å². The highest BCUT2D eigenvalue weighted by Crippen LogP contribution is 2.18. The van der Waals surface area contributed by atoms with Crippen LogP contribution >= 0.6 is 12.2 Å². The molecule has 4 aromatic rings. The van der Waals surface area contributed by atoms with Gasteiger partial charge in [0.25, 0.3) is 0 Å². The van der Waals surface area contributed by atoms with E-state index in [0.717, 1.165) is 34.0 Å². The average Bonchev–Trinajstić information content (AvgIpc) is 3.10. The number of nitrogens with one attached hydrogen (secondary N) is 3. The highest BCUT2D eigenvalue weighted by atomic mass is 32.1. The summed E-state index contributed by atoms with van der Waals surface area (Å²) < 4.78 is 5.82. The molecular weight excluding hydrogens is 368 g/mol. The van der Waals surface area contributed by atoms with Gasteiger partial charge in [-0.05, 0) is 73.2 Å². The second-order valence-corrected chi connectivity index (χ2v) is 6.87. The molecule has 0 saturated carbocycles. The summed E-state index contributed by atoms with van der Waals surface area (Å²) in [5.41, 5.74) is 4.98. The number of thiocarbonyl (C=S) groups is 1. The van der Waals surface area contributed by atoms with Crippen molar-refractivity contribution in [1.82, 2.24) is 9.97 Å². The van der Waals surface area contributed by atoms with E-state index in [0.29, 0.717) is 11.7 Å². The van der Waals surface area contributed by atoms with Crippen molar-refractivity contribution in [2.24, 2.45) is 0 Å². The first kappa shape index (κ1) is 18.0. The molecule has 0 unspecified atom stereocenters. The third-order valence-corrected chi connectivity index (χ3v) is 4.41. The first-order valence-electron chi connectivity index (χ1n) is 8.97. The zero-order valence-electron chi connectivity index (χ0n) is 15.4. The van der Waals surface area contributed by atoms with Gasteiger partial charge in [0.05, 0.1) is 11.0 Å². The molecule has 0 radical (unpaired) electrons. The average molecular weight is 388 g/mol. The van der Waals surface area contributed by atoms with E-state index in [1.165, 1.54) is 5.56 Å². The van der Waals surface area contributed by atoms with Crippen LogP contribution in [-0.2, 0) is 6.61 Å². The van der Waals surface area contributed by atoms with Crippen molar-refractivity contribution in [3.63, 3.8) is 0 Å². The van der Waals surface area contributed by atoms with Gasteiger partial charge in [-0.1, -0.05) is 24.3 Å². The summed E-state index contributed by atoms with van der Waals surface area (Å²) in [5.74, 6) is 1.57. The van der Waals surface area contributed by atoms with Crippen molar-refractivity contribution >= 4 is 39.7 Å². The number of hydrogen-bond acceptors (Lipinski definition) is 3. The summed E-state index contributed by atoms with van der Waals surface area (Å²) in [6, 6.07) is 23.7. The number of aromatic nitrogens is 2. The van der Waals surface area contributed by atoms with E-state index in [1.807, 2.05) is 79.7 Å². The molecule has 28 heavy (non-hydrogen) atoms. The number of aryl methyl sites for hydroxylation is 1. The van der Waals surface area contributed by atoms with Crippen molar-refractivity contribution in [2.75, 3.05) is 10.6 Å². The Morgan fingerprint density at radius 1 is 0.964 bits per heavy atom. The molecule has 3 N–H and O–H groups in total. The fourth-order valence-electron chi connectivity index (χ4n) is 2.88. The number of para-hydroxylation sites is 2. The first-order chi connectivity index (χ1) is 13.7. The van der Waals surface area contributed by atoms with Gasteiger partial charge in [0, 0.05) is 11.4 Å². The Morgan fingerprint density at radius 3 is 2.54 bits per heavy atom. The van der Waals surface area contributed by atoms with Crippen LogP contribution in [0, 0.1) is 6.92 Å². The zero-order valence-corrected chi connectivity index (χ0v) is 16.2. The van der Waals surface area contributed by atoms with E-state index in [1.54, 1.807) is 0 Å². The van der Waals surface area contributed by atoms with Gasteiger partial charge in [0.15, 0.2) is 5.11 Å². The van der Waals surface area contributed by atoms with Crippen LogP contribution in [0.25, 0.3) is 11.0 Å². The van der Waals surface area contributed by atoms with Gasteiger partial charge < -0.3 is 20.4 Å². The standard InChI is InChI=1S/C22H20N4OS/c1-15-5-4-6-17(13-15)24-22(28)23-16-9-11-18(12-10-16)27-14-21-25-19-7-2-3-8-20(19)26-21/h2-13H,14H2,1H3,(H,25,26)(H2,23,24,28). The summed E-state index contributed by atoms with van der Waals surface area (Å²) in [6.45, 7) is 2.43. The lowest BCUT2D eigenvalue weighted by molar-refractivity contribution is 0.297. The second kappa shape index (κ2) is 8.10. The lowest BCUT2D eigenvalue weighted by Crippen LogP contribution is -2.18. The number of imidazole rings is 1. The number of fused-ring (bicyclic) bond motifs is 1.